The largest absolute Gasteiger partial charge is 0.394 e. The first-order valence-corrected chi connectivity index (χ1v) is 9.53. The van der Waals surface area contributed by atoms with Gasteiger partial charge in [0.2, 0.25) is 5.95 Å². The van der Waals surface area contributed by atoms with Crippen LogP contribution in [0.5, 0.6) is 0 Å². The van der Waals surface area contributed by atoms with Gasteiger partial charge in [-0.05, 0) is 24.0 Å². The van der Waals surface area contributed by atoms with Gasteiger partial charge in [0.05, 0.1) is 19.0 Å². The van der Waals surface area contributed by atoms with Crippen molar-refractivity contribution >= 4 is 22.9 Å². The highest BCUT2D eigenvalue weighted by molar-refractivity contribution is 5.84. The number of fused-ring (bicyclic) bond motifs is 2. The lowest BCUT2D eigenvalue weighted by molar-refractivity contribution is -0.0511. The number of aliphatic hydroxyl groups excluding tert-OH is 3. The summed E-state index contributed by atoms with van der Waals surface area (Å²) in [6, 6.07) is 8.35. The van der Waals surface area contributed by atoms with Crippen molar-refractivity contribution in [1.29, 1.82) is 0 Å². The summed E-state index contributed by atoms with van der Waals surface area (Å²) in [7, 11) is 0. The summed E-state index contributed by atoms with van der Waals surface area (Å²) in [6.07, 6.45) is -0.907. The molecule has 6 N–H and O–H groups in total. The molecule has 3 heterocycles. The van der Waals surface area contributed by atoms with Crippen molar-refractivity contribution in [3.8, 4) is 0 Å². The highest BCUT2D eigenvalue weighted by atomic mass is 16.6. The number of hydrogen-bond acceptors (Lipinski definition) is 9. The van der Waals surface area contributed by atoms with E-state index in [0.717, 1.165) is 12.8 Å². The number of nitrogens with two attached hydrogens (primary N) is 1. The zero-order chi connectivity index (χ0) is 20.1. The summed E-state index contributed by atoms with van der Waals surface area (Å²) in [6.45, 7) is -0.410. The van der Waals surface area contributed by atoms with E-state index in [9.17, 15) is 15.3 Å². The molecule has 1 fully saturated rings. The number of anilines is 2. The van der Waals surface area contributed by atoms with Crippen molar-refractivity contribution < 1.29 is 20.1 Å². The second-order valence-electron chi connectivity index (χ2n) is 7.42. The number of nitrogens with one attached hydrogen (secondary N) is 1. The van der Waals surface area contributed by atoms with Gasteiger partial charge in [-0.2, -0.15) is 9.97 Å². The van der Waals surface area contributed by atoms with E-state index in [4.69, 9.17) is 10.5 Å². The average Bonchev–Trinajstić information content (AvgIpc) is 3.39. The van der Waals surface area contributed by atoms with Crippen LogP contribution in [-0.2, 0) is 11.2 Å². The van der Waals surface area contributed by atoms with Crippen LogP contribution in [0.3, 0.4) is 0 Å². The monoisotopic (exact) mass is 398 g/mol. The Balaban J connectivity index is 1.51. The number of aryl methyl sites for hydroxylation is 1. The van der Waals surface area contributed by atoms with Gasteiger partial charge in [-0.3, -0.25) is 4.57 Å². The molecule has 0 saturated carbocycles. The molecule has 0 amide bonds. The number of nitrogens with zero attached hydrogens (tertiary/aromatic N) is 4. The molecule has 0 spiro atoms. The molecule has 10 heteroatoms. The van der Waals surface area contributed by atoms with Crippen molar-refractivity contribution in [1.82, 2.24) is 19.5 Å². The van der Waals surface area contributed by atoms with E-state index >= 15 is 0 Å². The van der Waals surface area contributed by atoms with Crippen LogP contribution in [0.25, 0.3) is 11.2 Å². The summed E-state index contributed by atoms with van der Waals surface area (Å²) in [4.78, 5) is 13.0. The minimum Gasteiger partial charge on any atom is -0.394 e. The first-order valence-electron chi connectivity index (χ1n) is 9.53. The van der Waals surface area contributed by atoms with Crippen LogP contribution in [-0.4, -0.2) is 59.8 Å². The van der Waals surface area contributed by atoms with Crippen LogP contribution in [0.15, 0.2) is 30.6 Å². The molecule has 5 atom stereocenters. The quantitative estimate of drug-likeness (QED) is 0.412. The van der Waals surface area contributed by atoms with Crippen LogP contribution >= 0.6 is 0 Å². The molecule has 0 radical (unpaired) electrons. The van der Waals surface area contributed by atoms with Crippen molar-refractivity contribution in [3.05, 3.63) is 41.7 Å². The highest BCUT2D eigenvalue weighted by Gasteiger charge is 2.44. The maximum Gasteiger partial charge on any atom is 0.224 e. The molecule has 1 unspecified atom stereocenters. The molecular weight excluding hydrogens is 376 g/mol. The molecule has 2 aliphatic rings. The van der Waals surface area contributed by atoms with Crippen LogP contribution < -0.4 is 11.1 Å². The summed E-state index contributed by atoms with van der Waals surface area (Å²) in [5, 5.41) is 33.2. The normalized spacial score (nSPS) is 28.7. The number of hydrogen-bond donors (Lipinski definition) is 5. The third kappa shape index (κ3) is 2.92. The molecule has 1 aliphatic heterocycles. The maximum absolute atomic E-state index is 10.3. The number of benzene rings is 1. The smallest absolute Gasteiger partial charge is 0.224 e. The van der Waals surface area contributed by atoms with Gasteiger partial charge in [-0.25, -0.2) is 4.98 Å². The second kappa shape index (κ2) is 6.92. The zero-order valence-electron chi connectivity index (χ0n) is 15.5. The van der Waals surface area contributed by atoms with E-state index < -0.39 is 31.1 Å². The second-order valence-corrected chi connectivity index (χ2v) is 7.42. The Bertz CT molecular complexity index is 1060. The van der Waals surface area contributed by atoms with E-state index in [1.807, 2.05) is 12.1 Å². The number of imidazole rings is 1. The molecule has 1 aliphatic carbocycles. The lowest BCUT2D eigenvalue weighted by atomic mass is 10.1. The fraction of sp³-hybridized carbons (Fsp3) is 0.421. The van der Waals surface area contributed by atoms with E-state index in [-0.39, 0.29) is 12.0 Å². The molecule has 0 bridgehead atoms. The highest BCUT2D eigenvalue weighted by Crippen LogP contribution is 2.36. The Kier molecular flexibility index (Phi) is 4.36. The Labute approximate surface area is 166 Å². The zero-order valence-corrected chi connectivity index (χ0v) is 15.5. The Morgan fingerprint density at radius 3 is 2.83 bits per heavy atom. The number of ether oxygens (including phenoxy) is 1. The molecule has 29 heavy (non-hydrogen) atoms. The molecule has 2 aromatic heterocycles. The summed E-state index contributed by atoms with van der Waals surface area (Å²) in [5.74, 6) is 0.555. The van der Waals surface area contributed by atoms with Gasteiger partial charge in [0, 0.05) is 0 Å². The predicted molar refractivity (Wildman–Crippen MR) is 104 cm³/mol. The first kappa shape index (κ1) is 18.3. The summed E-state index contributed by atoms with van der Waals surface area (Å²) in [5.41, 5.74) is 9.33. The average molecular weight is 398 g/mol. The Hall–Kier alpha value is -2.79. The Morgan fingerprint density at radius 2 is 2.03 bits per heavy atom. The molecular formula is C19H22N6O4. The maximum atomic E-state index is 10.3. The topological polar surface area (TPSA) is 152 Å². The fourth-order valence-electron chi connectivity index (χ4n) is 4.20. The standard InChI is InChI=1S/C19H22N6O4/c20-19-23-16(22-11-6-5-9-3-1-2-4-10(9)11)13-17(24-19)25(8-21-13)18-15(28)14(27)12(7-26)29-18/h1-4,8,11-12,14-15,18,26-28H,5-7H2,(H3,20,22,23,24)/t11?,12-,14-,15-,18-/m1/s1. The number of rotatable bonds is 4. The number of nitrogen functional groups attached to an aromatic ring is 1. The van der Waals surface area contributed by atoms with E-state index in [0.29, 0.717) is 17.0 Å². The van der Waals surface area contributed by atoms with Crippen molar-refractivity contribution in [2.75, 3.05) is 17.7 Å². The van der Waals surface area contributed by atoms with Gasteiger partial charge in [0.1, 0.15) is 18.3 Å². The van der Waals surface area contributed by atoms with Crippen molar-refractivity contribution in [3.63, 3.8) is 0 Å². The molecule has 10 nitrogen and oxygen atoms in total. The van der Waals surface area contributed by atoms with Gasteiger partial charge in [0.25, 0.3) is 0 Å². The van der Waals surface area contributed by atoms with Crippen molar-refractivity contribution in [2.45, 2.75) is 43.4 Å². The third-order valence-corrected chi connectivity index (χ3v) is 5.67. The molecule has 1 saturated heterocycles. The predicted octanol–water partition coefficient (Wildman–Crippen LogP) is 0.119. The van der Waals surface area contributed by atoms with Crippen LogP contribution in [0.1, 0.15) is 29.8 Å². The Morgan fingerprint density at radius 1 is 1.21 bits per heavy atom. The third-order valence-electron chi connectivity index (χ3n) is 5.67. The SMILES string of the molecule is Nc1nc(NC2CCc3ccccc32)c2ncn([C@@H]3O[C@H](CO)[C@@H](O)[C@H]3O)c2n1. The van der Waals surface area contributed by atoms with E-state index in [1.165, 1.54) is 22.0 Å². The first-order chi connectivity index (χ1) is 14.1. The summed E-state index contributed by atoms with van der Waals surface area (Å²) >= 11 is 0. The van der Waals surface area contributed by atoms with Gasteiger partial charge in [-0.1, -0.05) is 24.3 Å². The molecule has 152 valence electrons. The van der Waals surface area contributed by atoms with Gasteiger partial charge < -0.3 is 31.1 Å². The number of aromatic nitrogens is 4. The fourth-order valence-corrected chi connectivity index (χ4v) is 4.20. The van der Waals surface area contributed by atoms with Gasteiger partial charge in [-0.15, -0.1) is 0 Å². The lowest BCUT2D eigenvalue weighted by Crippen LogP contribution is -2.33. The lowest BCUT2D eigenvalue weighted by Gasteiger charge is -2.18. The molecule has 1 aromatic carbocycles. The van der Waals surface area contributed by atoms with E-state index in [2.05, 4.69) is 32.4 Å². The molecule has 5 rings (SSSR count). The van der Waals surface area contributed by atoms with Crippen LogP contribution in [0, 0.1) is 0 Å². The number of aliphatic hydroxyl groups is 3. The minimum atomic E-state index is -1.24. The van der Waals surface area contributed by atoms with Crippen molar-refractivity contribution in [2.24, 2.45) is 0 Å². The molecule has 3 aromatic rings. The summed E-state index contributed by atoms with van der Waals surface area (Å²) < 4.78 is 7.10. The van der Waals surface area contributed by atoms with Crippen LogP contribution in [0.2, 0.25) is 0 Å². The van der Waals surface area contributed by atoms with E-state index in [1.54, 1.807) is 0 Å². The van der Waals surface area contributed by atoms with Gasteiger partial charge >= 0.3 is 0 Å². The van der Waals surface area contributed by atoms with Crippen LogP contribution in [0.4, 0.5) is 11.8 Å². The minimum absolute atomic E-state index is 0.0553. The van der Waals surface area contributed by atoms with Gasteiger partial charge in [0.15, 0.2) is 23.2 Å².